The van der Waals surface area contributed by atoms with Crippen LogP contribution in [0.15, 0.2) is 48.7 Å². The molecule has 0 saturated heterocycles. The Balaban J connectivity index is 1.55. The molecule has 2 heterocycles. The van der Waals surface area contributed by atoms with Crippen molar-refractivity contribution in [1.82, 2.24) is 20.4 Å². The largest absolute Gasteiger partial charge is 0.445 e. The fourth-order valence-electron chi connectivity index (χ4n) is 3.71. The monoisotopic (exact) mass is 392 g/mol. The predicted molar refractivity (Wildman–Crippen MR) is 109 cm³/mol. The van der Waals surface area contributed by atoms with E-state index in [0.717, 1.165) is 27.6 Å². The van der Waals surface area contributed by atoms with Crippen LogP contribution in [0.1, 0.15) is 30.5 Å². The second kappa shape index (κ2) is 7.95. The molecule has 3 aromatic rings. The Morgan fingerprint density at radius 1 is 1.28 bits per heavy atom. The number of ether oxygens (including phenoxy) is 1. The molecule has 0 spiro atoms. The van der Waals surface area contributed by atoms with Gasteiger partial charge >= 0.3 is 6.09 Å². The minimum absolute atomic E-state index is 0.000228. The molecule has 0 saturated carbocycles. The topological polar surface area (TPSA) is 87.3 Å². The van der Waals surface area contributed by atoms with E-state index >= 15 is 0 Å². The van der Waals surface area contributed by atoms with Gasteiger partial charge in [-0.05, 0) is 36.6 Å². The lowest BCUT2D eigenvalue weighted by Gasteiger charge is -2.28. The van der Waals surface area contributed by atoms with Crippen LogP contribution in [-0.4, -0.2) is 39.2 Å². The lowest BCUT2D eigenvalue weighted by molar-refractivity contribution is -0.135. The van der Waals surface area contributed by atoms with Crippen molar-refractivity contribution in [3.8, 4) is 0 Å². The molecule has 0 radical (unpaired) electrons. The van der Waals surface area contributed by atoms with Crippen LogP contribution in [0.3, 0.4) is 0 Å². The maximum Gasteiger partial charge on any atom is 0.408 e. The number of fused-ring (bicyclic) bond motifs is 3. The molecule has 1 aliphatic heterocycles. The van der Waals surface area contributed by atoms with Crippen molar-refractivity contribution in [3.63, 3.8) is 0 Å². The lowest BCUT2D eigenvalue weighted by Crippen LogP contribution is -2.50. The summed E-state index contributed by atoms with van der Waals surface area (Å²) in [7, 11) is 0. The Morgan fingerprint density at radius 3 is 2.83 bits per heavy atom. The van der Waals surface area contributed by atoms with Gasteiger partial charge in [-0.3, -0.25) is 9.89 Å². The Morgan fingerprint density at radius 2 is 2.07 bits per heavy atom. The summed E-state index contributed by atoms with van der Waals surface area (Å²) in [6.07, 6.45) is 1.61. The van der Waals surface area contributed by atoms with E-state index in [1.807, 2.05) is 56.3 Å². The van der Waals surface area contributed by atoms with Crippen LogP contribution < -0.4 is 5.32 Å². The van der Waals surface area contributed by atoms with Crippen LogP contribution >= 0.6 is 0 Å². The zero-order valence-corrected chi connectivity index (χ0v) is 16.5. The zero-order chi connectivity index (χ0) is 20.4. The highest BCUT2D eigenvalue weighted by atomic mass is 16.5. The van der Waals surface area contributed by atoms with Crippen LogP contribution in [0.2, 0.25) is 0 Å². The van der Waals surface area contributed by atoms with E-state index < -0.39 is 12.1 Å². The van der Waals surface area contributed by atoms with Crippen molar-refractivity contribution < 1.29 is 14.3 Å². The first-order valence-electron chi connectivity index (χ1n) is 9.74. The molecule has 0 fully saturated rings. The van der Waals surface area contributed by atoms with E-state index in [4.69, 9.17) is 4.74 Å². The molecule has 4 rings (SSSR count). The van der Waals surface area contributed by atoms with E-state index in [2.05, 4.69) is 15.5 Å². The van der Waals surface area contributed by atoms with Crippen molar-refractivity contribution >= 4 is 22.9 Å². The van der Waals surface area contributed by atoms with Crippen LogP contribution in [0, 0.1) is 0 Å². The molecular formula is C22H24N4O3. The van der Waals surface area contributed by atoms with E-state index in [1.54, 1.807) is 11.1 Å². The minimum atomic E-state index is -0.675. The van der Waals surface area contributed by atoms with Gasteiger partial charge in [0.2, 0.25) is 5.91 Å². The number of H-pyrrole nitrogens is 1. The van der Waals surface area contributed by atoms with E-state index in [1.165, 1.54) is 0 Å². The van der Waals surface area contributed by atoms with Crippen LogP contribution in [0.5, 0.6) is 0 Å². The van der Waals surface area contributed by atoms with Gasteiger partial charge in [-0.1, -0.05) is 36.4 Å². The molecule has 0 unspecified atom stereocenters. The van der Waals surface area contributed by atoms with Crippen molar-refractivity contribution in [1.29, 1.82) is 0 Å². The summed E-state index contributed by atoms with van der Waals surface area (Å²) in [5.74, 6) is -0.107. The highest BCUT2D eigenvalue weighted by Gasteiger charge is 2.33. The van der Waals surface area contributed by atoms with Gasteiger partial charge in [0.05, 0.1) is 11.7 Å². The standard InChI is InChI=1S/C22H24N4O3/c1-14(2)26-12-18-16(8-9-19-17(18)11-23-25-19)10-20(21(26)27)24-22(28)29-13-15-6-4-3-5-7-15/h3-9,11,14,20H,10,12-13H2,1-2H3,(H,23,25)(H,24,28)/t20-/m1/s1. The third-order valence-electron chi connectivity index (χ3n) is 5.29. The van der Waals surface area contributed by atoms with Crippen molar-refractivity contribution in [2.75, 3.05) is 0 Å². The quantitative estimate of drug-likeness (QED) is 0.714. The molecule has 7 heteroatoms. The normalized spacial score (nSPS) is 16.6. The molecular weight excluding hydrogens is 368 g/mol. The Hall–Kier alpha value is -3.35. The van der Waals surface area contributed by atoms with Gasteiger partial charge in [0.25, 0.3) is 0 Å². The van der Waals surface area contributed by atoms with Crippen molar-refractivity contribution in [3.05, 3.63) is 65.4 Å². The summed E-state index contributed by atoms with van der Waals surface area (Å²) in [5, 5.41) is 10.9. The molecule has 1 aliphatic rings. The Labute approximate surface area is 169 Å². The van der Waals surface area contributed by atoms with E-state index in [9.17, 15) is 9.59 Å². The lowest BCUT2D eigenvalue weighted by atomic mass is 9.99. The van der Waals surface area contributed by atoms with Crippen molar-refractivity contribution in [2.24, 2.45) is 0 Å². The molecule has 1 aromatic heterocycles. The Kier molecular flexibility index (Phi) is 5.20. The van der Waals surface area contributed by atoms with Gasteiger partial charge in [0.15, 0.2) is 0 Å². The van der Waals surface area contributed by atoms with Gasteiger partial charge in [0.1, 0.15) is 12.6 Å². The number of amides is 2. The number of hydrogen-bond acceptors (Lipinski definition) is 4. The first-order valence-corrected chi connectivity index (χ1v) is 9.74. The SMILES string of the molecule is CC(C)N1Cc2c(ccc3[nH]ncc23)C[C@@H](NC(=O)OCc2ccccc2)C1=O. The zero-order valence-electron chi connectivity index (χ0n) is 16.5. The van der Waals surface area contributed by atoms with Crippen molar-refractivity contribution in [2.45, 2.75) is 45.5 Å². The summed E-state index contributed by atoms with van der Waals surface area (Å²) in [6, 6.07) is 12.7. The number of aromatic nitrogens is 2. The summed E-state index contributed by atoms with van der Waals surface area (Å²) in [4.78, 5) is 27.3. The maximum atomic E-state index is 13.2. The number of aromatic amines is 1. The summed E-state index contributed by atoms with van der Waals surface area (Å²) >= 11 is 0. The molecule has 29 heavy (non-hydrogen) atoms. The van der Waals surface area contributed by atoms with Gasteiger partial charge in [-0.25, -0.2) is 4.79 Å². The highest BCUT2D eigenvalue weighted by Crippen LogP contribution is 2.27. The fraction of sp³-hybridized carbons (Fsp3) is 0.318. The first-order chi connectivity index (χ1) is 14.0. The molecule has 0 bridgehead atoms. The number of carbonyl (C=O) groups is 2. The van der Waals surface area contributed by atoms with Crippen LogP contribution in [0.4, 0.5) is 4.79 Å². The predicted octanol–water partition coefficient (Wildman–Crippen LogP) is 3.15. The van der Waals surface area contributed by atoms with Crippen LogP contribution in [-0.2, 0) is 29.1 Å². The molecule has 2 aromatic carbocycles. The van der Waals surface area contributed by atoms with Gasteiger partial charge in [0, 0.05) is 24.4 Å². The molecule has 2 N–H and O–H groups in total. The second-order valence-electron chi connectivity index (χ2n) is 7.56. The number of hydrogen-bond donors (Lipinski definition) is 2. The molecule has 1 atom stereocenters. The average Bonchev–Trinajstić information content (AvgIpc) is 3.14. The number of benzene rings is 2. The number of nitrogens with one attached hydrogen (secondary N) is 2. The second-order valence-corrected chi connectivity index (χ2v) is 7.56. The fourth-order valence-corrected chi connectivity index (χ4v) is 3.71. The van der Waals surface area contributed by atoms with Crippen LogP contribution in [0.25, 0.3) is 10.9 Å². The number of alkyl carbamates (subject to hydrolysis) is 1. The molecule has 7 nitrogen and oxygen atoms in total. The number of carbonyl (C=O) groups excluding carboxylic acids is 2. The van der Waals surface area contributed by atoms with E-state index in [-0.39, 0.29) is 18.6 Å². The molecule has 0 aliphatic carbocycles. The highest BCUT2D eigenvalue weighted by molar-refractivity contribution is 5.89. The van der Waals surface area contributed by atoms with E-state index in [0.29, 0.717) is 13.0 Å². The maximum absolute atomic E-state index is 13.2. The Bertz CT molecular complexity index is 1030. The third-order valence-corrected chi connectivity index (χ3v) is 5.29. The minimum Gasteiger partial charge on any atom is -0.445 e. The number of rotatable bonds is 4. The van der Waals surface area contributed by atoms with Gasteiger partial charge in [-0.2, -0.15) is 5.10 Å². The van der Waals surface area contributed by atoms with Gasteiger partial charge in [-0.15, -0.1) is 0 Å². The average molecular weight is 392 g/mol. The summed E-state index contributed by atoms with van der Waals surface area (Å²) in [6.45, 7) is 4.60. The molecule has 150 valence electrons. The first kappa shape index (κ1) is 19.0. The summed E-state index contributed by atoms with van der Waals surface area (Å²) in [5.41, 5.74) is 3.93. The third kappa shape index (κ3) is 3.94. The summed E-state index contributed by atoms with van der Waals surface area (Å²) < 4.78 is 5.33. The van der Waals surface area contributed by atoms with Gasteiger partial charge < -0.3 is 15.0 Å². The number of nitrogens with zero attached hydrogens (tertiary/aromatic N) is 2. The smallest absolute Gasteiger partial charge is 0.408 e. The molecule has 2 amide bonds.